The van der Waals surface area contributed by atoms with E-state index in [0.717, 1.165) is 0 Å². The predicted molar refractivity (Wildman–Crippen MR) is 61.6 cm³/mol. The SMILES string of the molecule is Cn1nnc(COc2cc3c(cc2CO)OCO3)n1. The van der Waals surface area contributed by atoms with E-state index in [-0.39, 0.29) is 20.0 Å². The summed E-state index contributed by atoms with van der Waals surface area (Å²) in [6, 6.07) is 3.38. The summed E-state index contributed by atoms with van der Waals surface area (Å²) in [7, 11) is 1.68. The van der Waals surface area contributed by atoms with Crippen LogP contribution in [-0.4, -0.2) is 32.1 Å². The first-order valence-corrected chi connectivity index (χ1v) is 5.65. The summed E-state index contributed by atoms with van der Waals surface area (Å²) in [5, 5.41) is 20.9. The summed E-state index contributed by atoms with van der Waals surface area (Å²) in [5.41, 5.74) is 0.619. The van der Waals surface area contributed by atoms with Crippen molar-refractivity contribution < 1.29 is 19.3 Å². The molecule has 1 aliphatic heterocycles. The van der Waals surface area contributed by atoms with Crippen LogP contribution in [0.1, 0.15) is 11.4 Å². The van der Waals surface area contributed by atoms with Crippen molar-refractivity contribution in [1.29, 1.82) is 0 Å². The van der Waals surface area contributed by atoms with Gasteiger partial charge in [0, 0.05) is 11.6 Å². The largest absolute Gasteiger partial charge is 0.485 e. The monoisotopic (exact) mass is 264 g/mol. The Hall–Kier alpha value is -2.35. The summed E-state index contributed by atoms with van der Waals surface area (Å²) >= 11 is 0. The molecule has 1 aromatic carbocycles. The number of hydrogen-bond acceptors (Lipinski definition) is 7. The van der Waals surface area contributed by atoms with Crippen LogP contribution in [0.25, 0.3) is 0 Å². The van der Waals surface area contributed by atoms with E-state index in [1.165, 1.54) is 4.80 Å². The van der Waals surface area contributed by atoms with Gasteiger partial charge in [0.1, 0.15) is 5.75 Å². The second-order valence-electron chi connectivity index (χ2n) is 3.96. The maximum atomic E-state index is 9.33. The highest BCUT2D eigenvalue weighted by molar-refractivity contribution is 5.51. The van der Waals surface area contributed by atoms with Gasteiger partial charge < -0.3 is 19.3 Å². The first kappa shape index (κ1) is 11.7. The van der Waals surface area contributed by atoms with Crippen LogP contribution >= 0.6 is 0 Å². The summed E-state index contributed by atoms with van der Waals surface area (Å²) in [6.45, 7) is 0.190. The number of rotatable bonds is 4. The van der Waals surface area contributed by atoms with Crippen LogP contribution in [0.4, 0.5) is 0 Å². The van der Waals surface area contributed by atoms with Gasteiger partial charge in [-0.25, -0.2) is 0 Å². The minimum Gasteiger partial charge on any atom is -0.485 e. The van der Waals surface area contributed by atoms with E-state index in [0.29, 0.717) is 28.6 Å². The van der Waals surface area contributed by atoms with Gasteiger partial charge in [-0.1, -0.05) is 0 Å². The lowest BCUT2D eigenvalue weighted by Gasteiger charge is -2.09. The number of aromatic nitrogens is 4. The average molecular weight is 264 g/mol. The van der Waals surface area contributed by atoms with Crippen LogP contribution in [0, 0.1) is 0 Å². The normalized spacial score (nSPS) is 12.7. The zero-order chi connectivity index (χ0) is 13.2. The van der Waals surface area contributed by atoms with Crippen LogP contribution in [0.3, 0.4) is 0 Å². The standard InChI is InChI=1S/C11H12N4O4/c1-15-13-11(12-14-15)5-17-8-3-10-9(18-6-19-10)2-7(8)4-16/h2-3,16H,4-6H2,1H3. The molecule has 0 fully saturated rings. The molecule has 2 heterocycles. The number of hydrogen-bond donors (Lipinski definition) is 1. The lowest BCUT2D eigenvalue weighted by molar-refractivity contribution is 0.173. The minimum atomic E-state index is -0.153. The smallest absolute Gasteiger partial charge is 0.231 e. The highest BCUT2D eigenvalue weighted by Crippen LogP contribution is 2.38. The summed E-state index contributed by atoms with van der Waals surface area (Å²) in [6.07, 6.45) is 0. The molecule has 0 aliphatic carbocycles. The van der Waals surface area contributed by atoms with Crippen molar-refractivity contribution in [2.45, 2.75) is 13.2 Å². The highest BCUT2D eigenvalue weighted by Gasteiger charge is 2.18. The van der Waals surface area contributed by atoms with E-state index in [1.54, 1.807) is 19.2 Å². The average Bonchev–Trinajstić information content (AvgIpc) is 3.03. The summed E-state index contributed by atoms with van der Waals surface area (Å²) in [4.78, 5) is 1.35. The number of benzene rings is 1. The molecule has 0 radical (unpaired) electrons. The lowest BCUT2D eigenvalue weighted by atomic mass is 10.2. The van der Waals surface area contributed by atoms with Gasteiger partial charge in [0.25, 0.3) is 0 Å². The molecule has 1 aromatic heterocycles. The zero-order valence-corrected chi connectivity index (χ0v) is 10.2. The second kappa shape index (κ2) is 4.73. The van der Waals surface area contributed by atoms with Crippen molar-refractivity contribution in [2.24, 2.45) is 7.05 Å². The van der Waals surface area contributed by atoms with E-state index >= 15 is 0 Å². The summed E-state index contributed by atoms with van der Waals surface area (Å²) in [5.74, 6) is 2.18. The molecule has 8 heteroatoms. The molecule has 0 saturated carbocycles. The Kier molecular flexibility index (Phi) is 2.92. The number of nitrogens with zero attached hydrogens (tertiary/aromatic N) is 4. The van der Waals surface area contributed by atoms with Gasteiger partial charge in [-0.2, -0.15) is 4.80 Å². The van der Waals surface area contributed by atoms with Gasteiger partial charge >= 0.3 is 0 Å². The Morgan fingerprint density at radius 1 is 1.37 bits per heavy atom. The predicted octanol–water partition coefficient (Wildman–Crippen LogP) is 0.0101. The van der Waals surface area contributed by atoms with Crippen molar-refractivity contribution >= 4 is 0 Å². The van der Waals surface area contributed by atoms with Crippen molar-refractivity contribution in [1.82, 2.24) is 20.2 Å². The topological polar surface area (TPSA) is 91.5 Å². The van der Waals surface area contributed by atoms with Crippen LogP contribution in [0.5, 0.6) is 17.2 Å². The molecule has 1 N–H and O–H groups in total. The number of tetrazole rings is 1. The number of aryl methyl sites for hydroxylation is 1. The fourth-order valence-electron chi connectivity index (χ4n) is 1.75. The molecule has 0 atom stereocenters. The van der Waals surface area contributed by atoms with Crippen molar-refractivity contribution in [3.05, 3.63) is 23.5 Å². The second-order valence-corrected chi connectivity index (χ2v) is 3.96. The number of ether oxygens (including phenoxy) is 3. The van der Waals surface area contributed by atoms with Gasteiger partial charge in [-0.15, -0.1) is 10.2 Å². The fraction of sp³-hybridized carbons (Fsp3) is 0.364. The summed E-state index contributed by atoms with van der Waals surface area (Å²) < 4.78 is 16.1. The Morgan fingerprint density at radius 3 is 2.84 bits per heavy atom. The van der Waals surface area contributed by atoms with Gasteiger partial charge in [-0.3, -0.25) is 0 Å². The Balaban J connectivity index is 1.80. The third-order valence-electron chi connectivity index (χ3n) is 2.63. The molecule has 0 unspecified atom stereocenters. The van der Waals surface area contributed by atoms with E-state index in [9.17, 15) is 5.11 Å². The molecule has 19 heavy (non-hydrogen) atoms. The van der Waals surface area contributed by atoms with Crippen LogP contribution in [-0.2, 0) is 20.3 Å². The molecule has 0 saturated heterocycles. The maximum absolute atomic E-state index is 9.33. The molecule has 8 nitrogen and oxygen atoms in total. The zero-order valence-electron chi connectivity index (χ0n) is 10.2. The molecular weight excluding hydrogens is 252 g/mol. The van der Waals surface area contributed by atoms with Crippen molar-refractivity contribution in [3.8, 4) is 17.2 Å². The highest BCUT2D eigenvalue weighted by atomic mass is 16.7. The maximum Gasteiger partial charge on any atom is 0.231 e. The first-order valence-electron chi connectivity index (χ1n) is 5.65. The quantitative estimate of drug-likeness (QED) is 0.831. The van der Waals surface area contributed by atoms with Crippen LogP contribution in [0.15, 0.2) is 12.1 Å². The molecular formula is C11H12N4O4. The lowest BCUT2D eigenvalue weighted by Crippen LogP contribution is -2.01. The minimum absolute atomic E-state index is 0.153. The number of aliphatic hydroxyl groups excluding tert-OH is 1. The van der Waals surface area contributed by atoms with Gasteiger partial charge in [0.2, 0.25) is 12.6 Å². The molecule has 0 amide bonds. The van der Waals surface area contributed by atoms with E-state index in [4.69, 9.17) is 14.2 Å². The third-order valence-corrected chi connectivity index (χ3v) is 2.63. The third kappa shape index (κ3) is 2.29. The fourth-order valence-corrected chi connectivity index (χ4v) is 1.75. The number of aliphatic hydroxyl groups is 1. The van der Waals surface area contributed by atoms with Crippen LogP contribution in [0.2, 0.25) is 0 Å². The molecule has 0 spiro atoms. The van der Waals surface area contributed by atoms with Crippen molar-refractivity contribution in [3.63, 3.8) is 0 Å². The van der Waals surface area contributed by atoms with E-state index in [2.05, 4.69) is 15.4 Å². The van der Waals surface area contributed by atoms with Crippen molar-refractivity contribution in [2.75, 3.05) is 6.79 Å². The van der Waals surface area contributed by atoms with E-state index < -0.39 is 0 Å². The van der Waals surface area contributed by atoms with Gasteiger partial charge in [-0.05, 0) is 11.3 Å². The molecule has 1 aliphatic rings. The molecule has 0 bridgehead atoms. The van der Waals surface area contributed by atoms with E-state index in [1.807, 2.05) is 0 Å². The van der Waals surface area contributed by atoms with Gasteiger partial charge in [0.15, 0.2) is 18.1 Å². The Bertz CT molecular complexity index is 598. The van der Waals surface area contributed by atoms with Crippen LogP contribution < -0.4 is 14.2 Å². The first-order chi connectivity index (χ1) is 9.26. The number of fused-ring (bicyclic) bond motifs is 1. The molecule has 2 aromatic rings. The Labute approximate surface area is 108 Å². The molecule has 3 rings (SSSR count). The van der Waals surface area contributed by atoms with Gasteiger partial charge in [0.05, 0.1) is 13.7 Å². The molecule has 100 valence electrons. The Morgan fingerprint density at radius 2 is 2.16 bits per heavy atom.